The number of methoxy groups -OCH3 is 1. The number of ether oxygens (including phenoxy) is 1. The summed E-state index contributed by atoms with van der Waals surface area (Å²) in [5.74, 6) is 0. The number of aromatic nitrogens is 1. The summed E-state index contributed by atoms with van der Waals surface area (Å²) in [5, 5.41) is 4.85. The normalized spacial score (nSPS) is 11.8. The van der Waals surface area contributed by atoms with Crippen molar-refractivity contribution < 1.29 is 4.74 Å². The molecule has 1 aromatic heterocycles. The first kappa shape index (κ1) is 18.9. The molecule has 1 heterocycles. The summed E-state index contributed by atoms with van der Waals surface area (Å²) in [6, 6.07) is 11.1. The van der Waals surface area contributed by atoms with Gasteiger partial charge in [-0.25, -0.2) is 0 Å². The maximum atomic E-state index is 6.04. The van der Waals surface area contributed by atoms with Crippen LogP contribution in [-0.4, -0.2) is 35.3 Å². The second-order valence-corrected chi connectivity index (χ2v) is 6.46. The third-order valence-corrected chi connectivity index (χ3v) is 4.27. The lowest BCUT2D eigenvalue weighted by Crippen LogP contribution is -2.39. The van der Waals surface area contributed by atoms with E-state index in [9.17, 15) is 0 Å². The molecule has 24 heavy (non-hydrogen) atoms. The summed E-state index contributed by atoms with van der Waals surface area (Å²) in [6.45, 7) is 3.24. The summed E-state index contributed by atoms with van der Waals surface area (Å²) in [5.41, 5.74) is 1.68. The van der Waals surface area contributed by atoms with Gasteiger partial charge in [0.25, 0.3) is 0 Å². The molecule has 1 atom stereocenters. The minimum Gasteiger partial charge on any atom is -0.383 e. The zero-order chi connectivity index (χ0) is 17.5. The van der Waals surface area contributed by atoms with Gasteiger partial charge in [-0.05, 0) is 49.5 Å². The van der Waals surface area contributed by atoms with Crippen molar-refractivity contribution in [2.24, 2.45) is 0 Å². The van der Waals surface area contributed by atoms with Gasteiger partial charge in [0.2, 0.25) is 0 Å². The average Bonchev–Trinajstić information content (AvgIpc) is 2.54. The van der Waals surface area contributed by atoms with Gasteiger partial charge >= 0.3 is 0 Å². The highest BCUT2D eigenvalue weighted by atomic mass is 35.5. The molecule has 1 N–H and O–H groups in total. The van der Waals surface area contributed by atoms with Gasteiger partial charge in [0.1, 0.15) is 0 Å². The molecule has 2 rings (SSSR count). The molecule has 0 spiro atoms. The van der Waals surface area contributed by atoms with E-state index < -0.39 is 0 Å². The third-order valence-electron chi connectivity index (χ3n) is 3.49. The highest BCUT2D eigenvalue weighted by Gasteiger charge is 2.19. The Kier molecular flexibility index (Phi) is 7.24. The van der Waals surface area contributed by atoms with Gasteiger partial charge in [-0.1, -0.05) is 29.3 Å². The van der Waals surface area contributed by atoms with Crippen molar-refractivity contribution in [3.8, 4) is 0 Å². The van der Waals surface area contributed by atoms with Gasteiger partial charge in [0, 0.05) is 35.6 Å². The molecule has 128 valence electrons. The Bertz CT molecular complexity index is 665. The van der Waals surface area contributed by atoms with E-state index in [1.807, 2.05) is 23.1 Å². The predicted molar refractivity (Wildman–Crippen MR) is 104 cm³/mol. The monoisotopic (exact) mass is 383 g/mol. The van der Waals surface area contributed by atoms with Gasteiger partial charge in [0.15, 0.2) is 5.11 Å². The van der Waals surface area contributed by atoms with E-state index in [2.05, 4.69) is 17.2 Å². The third kappa shape index (κ3) is 5.31. The maximum absolute atomic E-state index is 6.04. The van der Waals surface area contributed by atoms with Crippen LogP contribution in [0.3, 0.4) is 0 Å². The summed E-state index contributed by atoms with van der Waals surface area (Å²) in [4.78, 5) is 6.44. The van der Waals surface area contributed by atoms with Crippen LogP contribution in [-0.2, 0) is 4.74 Å². The second kappa shape index (κ2) is 9.18. The molecule has 1 unspecified atom stereocenters. The van der Waals surface area contributed by atoms with E-state index in [4.69, 9.17) is 40.2 Å². The minimum atomic E-state index is -0.00370. The Morgan fingerprint density at radius 3 is 2.58 bits per heavy atom. The Morgan fingerprint density at radius 1 is 1.29 bits per heavy atom. The van der Waals surface area contributed by atoms with E-state index in [0.717, 1.165) is 11.4 Å². The Hall–Kier alpha value is -1.40. The number of nitrogens with one attached hydrogen (secondary N) is 1. The van der Waals surface area contributed by atoms with Crippen LogP contribution in [0.2, 0.25) is 10.0 Å². The Morgan fingerprint density at radius 2 is 2.00 bits per heavy atom. The number of nitrogens with zero attached hydrogens (tertiary/aromatic N) is 2. The number of hydrogen-bond acceptors (Lipinski definition) is 3. The maximum Gasteiger partial charge on any atom is 0.174 e. The molecule has 7 heteroatoms. The van der Waals surface area contributed by atoms with Crippen LogP contribution in [0.15, 0.2) is 42.6 Å². The summed E-state index contributed by atoms with van der Waals surface area (Å²) in [6.07, 6.45) is 1.77. The lowest BCUT2D eigenvalue weighted by molar-refractivity contribution is 0.164. The number of halogens is 2. The van der Waals surface area contributed by atoms with Crippen molar-refractivity contribution in [3.05, 3.63) is 58.3 Å². The fourth-order valence-electron chi connectivity index (χ4n) is 2.26. The highest BCUT2D eigenvalue weighted by molar-refractivity contribution is 7.80. The van der Waals surface area contributed by atoms with Crippen LogP contribution in [0.1, 0.15) is 18.7 Å². The minimum absolute atomic E-state index is 0.00370. The summed E-state index contributed by atoms with van der Waals surface area (Å²) in [7, 11) is 1.66. The van der Waals surface area contributed by atoms with Crippen LogP contribution < -0.4 is 5.32 Å². The van der Waals surface area contributed by atoms with Gasteiger partial charge in [0.05, 0.1) is 18.3 Å². The lowest BCUT2D eigenvalue weighted by Gasteiger charge is -2.31. The molecule has 0 aliphatic heterocycles. The zero-order valence-corrected chi connectivity index (χ0v) is 15.8. The van der Waals surface area contributed by atoms with Gasteiger partial charge in [-0.3, -0.25) is 4.98 Å². The zero-order valence-electron chi connectivity index (χ0n) is 13.5. The fourth-order valence-corrected chi connectivity index (χ4v) is 3.16. The number of thiocarbonyl (C=S) groups is 1. The first-order valence-electron chi connectivity index (χ1n) is 7.45. The van der Waals surface area contributed by atoms with Crippen LogP contribution in [0, 0.1) is 0 Å². The summed E-state index contributed by atoms with van der Waals surface area (Å²) >= 11 is 17.7. The van der Waals surface area contributed by atoms with E-state index >= 15 is 0 Å². The topological polar surface area (TPSA) is 37.4 Å². The number of anilines is 1. The molecule has 0 radical (unpaired) electrons. The van der Waals surface area contributed by atoms with Gasteiger partial charge in [-0.15, -0.1) is 0 Å². The fraction of sp³-hybridized carbons (Fsp3) is 0.294. The molecule has 0 amide bonds. The van der Waals surface area contributed by atoms with Crippen molar-refractivity contribution in [1.82, 2.24) is 9.88 Å². The Balaban J connectivity index is 2.18. The molecule has 2 aromatic rings. The second-order valence-electron chi connectivity index (χ2n) is 5.21. The van der Waals surface area contributed by atoms with Crippen LogP contribution in [0.4, 0.5) is 5.69 Å². The molecular formula is C17H19Cl2N3OS. The molecule has 0 aliphatic rings. The Labute approximate surface area is 157 Å². The first-order chi connectivity index (χ1) is 11.5. The summed E-state index contributed by atoms with van der Waals surface area (Å²) < 4.78 is 5.21. The van der Waals surface area contributed by atoms with Crippen LogP contribution >= 0.6 is 35.4 Å². The molecule has 1 aromatic carbocycles. The lowest BCUT2D eigenvalue weighted by atomic mass is 10.2. The standard InChI is InChI=1S/C17H19Cl2N3OS/c1-12(16-5-3-4-6-20-16)22(7-8-23-2)17(24)21-15-10-13(18)9-14(19)11-15/h3-6,9-12H,7-8H2,1-2H3,(H,21,24). The average molecular weight is 384 g/mol. The molecule has 0 saturated carbocycles. The van der Waals surface area contributed by atoms with E-state index in [0.29, 0.717) is 28.3 Å². The highest BCUT2D eigenvalue weighted by Crippen LogP contribution is 2.24. The van der Waals surface area contributed by atoms with E-state index in [1.165, 1.54) is 0 Å². The largest absolute Gasteiger partial charge is 0.383 e. The van der Waals surface area contributed by atoms with Crippen molar-refractivity contribution in [3.63, 3.8) is 0 Å². The van der Waals surface area contributed by atoms with Gasteiger partial charge < -0.3 is 15.0 Å². The molecule has 4 nitrogen and oxygen atoms in total. The smallest absolute Gasteiger partial charge is 0.174 e. The van der Waals surface area contributed by atoms with E-state index in [-0.39, 0.29) is 6.04 Å². The van der Waals surface area contributed by atoms with E-state index in [1.54, 1.807) is 31.5 Å². The van der Waals surface area contributed by atoms with Gasteiger partial charge in [-0.2, -0.15) is 0 Å². The quantitative estimate of drug-likeness (QED) is 0.725. The molecule has 0 saturated heterocycles. The number of hydrogen-bond donors (Lipinski definition) is 1. The van der Waals surface area contributed by atoms with Crippen molar-refractivity contribution in [2.45, 2.75) is 13.0 Å². The molecule has 0 fully saturated rings. The number of rotatable bonds is 6. The number of benzene rings is 1. The number of pyridine rings is 1. The molecule has 0 bridgehead atoms. The van der Waals surface area contributed by atoms with Crippen molar-refractivity contribution in [2.75, 3.05) is 25.6 Å². The molecule has 0 aliphatic carbocycles. The van der Waals surface area contributed by atoms with Crippen molar-refractivity contribution in [1.29, 1.82) is 0 Å². The predicted octanol–water partition coefficient (Wildman–Crippen LogP) is 4.79. The van der Waals surface area contributed by atoms with Crippen molar-refractivity contribution >= 4 is 46.2 Å². The first-order valence-corrected chi connectivity index (χ1v) is 8.61. The van der Waals surface area contributed by atoms with Crippen LogP contribution in [0.5, 0.6) is 0 Å². The SMILES string of the molecule is COCCN(C(=S)Nc1cc(Cl)cc(Cl)c1)C(C)c1ccccn1. The van der Waals surface area contributed by atoms with Crippen LogP contribution in [0.25, 0.3) is 0 Å². The molecular weight excluding hydrogens is 365 g/mol.